The molecule has 0 radical (unpaired) electrons. The van der Waals surface area contributed by atoms with Gasteiger partial charge < -0.3 is 20.7 Å². The maximum absolute atomic E-state index is 12.6. The van der Waals surface area contributed by atoms with Gasteiger partial charge in [-0.05, 0) is 35.4 Å². The van der Waals surface area contributed by atoms with Crippen LogP contribution < -0.4 is 11.1 Å². The van der Waals surface area contributed by atoms with Gasteiger partial charge in [0.05, 0.1) is 12.6 Å². The van der Waals surface area contributed by atoms with Gasteiger partial charge in [0.2, 0.25) is 17.7 Å². The summed E-state index contributed by atoms with van der Waals surface area (Å²) in [4.78, 5) is 37.3. The van der Waals surface area contributed by atoms with E-state index in [2.05, 4.69) is 5.32 Å². The summed E-state index contributed by atoms with van der Waals surface area (Å²) in [5, 5.41) is 3.53. The Bertz CT molecular complexity index is 903. The molecule has 2 unspecified atom stereocenters. The lowest BCUT2D eigenvalue weighted by atomic mass is 9.92. The van der Waals surface area contributed by atoms with Gasteiger partial charge in [0.1, 0.15) is 19.3 Å². The summed E-state index contributed by atoms with van der Waals surface area (Å²) in [6, 6.07) is 13.5. The summed E-state index contributed by atoms with van der Waals surface area (Å²) in [5.41, 5.74) is 6.63. The Morgan fingerprint density at radius 2 is 1.59 bits per heavy atom. The van der Waals surface area contributed by atoms with Crippen LogP contribution in [-0.2, 0) is 19.1 Å². The van der Waals surface area contributed by atoms with Gasteiger partial charge in [-0.25, -0.2) is 0 Å². The number of rotatable bonds is 6. The highest BCUT2D eigenvalue weighted by atomic mass is 35.5. The number of carbonyl (C=O) groups excluding carboxylic acids is 3. The third-order valence-corrected chi connectivity index (χ3v) is 5.02. The number of benzene rings is 2. The van der Waals surface area contributed by atoms with Crippen LogP contribution in [0.5, 0.6) is 0 Å². The Balaban J connectivity index is 1.95. The Hall–Kier alpha value is -2.61. The topological polar surface area (TPSA) is 102 Å². The molecule has 152 valence electrons. The minimum Gasteiger partial charge on any atom is -0.368 e. The quantitative estimate of drug-likeness (QED) is 0.725. The van der Waals surface area contributed by atoms with Crippen LogP contribution in [0, 0.1) is 0 Å². The maximum atomic E-state index is 12.6. The van der Waals surface area contributed by atoms with E-state index >= 15 is 0 Å². The predicted octanol–water partition coefficient (Wildman–Crippen LogP) is 2.24. The molecule has 3 N–H and O–H groups in total. The van der Waals surface area contributed by atoms with E-state index in [9.17, 15) is 14.4 Å². The van der Waals surface area contributed by atoms with E-state index in [1.807, 2.05) is 12.1 Å². The van der Waals surface area contributed by atoms with Crippen LogP contribution in [0.1, 0.15) is 23.3 Å². The van der Waals surface area contributed by atoms with Crippen LogP contribution in [0.3, 0.4) is 0 Å². The Morgan fingerprint density at radius 1 is 1.03 bits per heavy atom. The van der Waals surface area contributed by atoms with E-state index in [0.717, 1.165) is 11.1 Å². The summed E-state index contributed by atoms with van der Waals surface area (Å²) in [6.45, 7) is -0.725. The zero-order chi connectivity index (χ0) is 21.0. The van der Waals surface area contributed by atoms with Gasteiger partial charge in [-0.15, -0.1) is 0 Å². The molecule has 7 nitrogen and oxygen atoms in total. The lowest BCUT2D eigenvalue weighted by Crippen LogP contribution is -2.50. The summed E-state index contributed by atoms with van der Waals surface area (Å²) in [5.74, 6) is -1.50. The molecule has 1 saturated heterocycles. The van der Waals surface area contributed by atoms with E-state index in [-0.39, 0.29) is 25.6 Å². The summed E-state index contributed by atoms with van der Waals surface area (Å²) < 4.78 is 5.85. The highest BCUT2D eigenvalue weighted by molar-refractivity contribution is 6.30. The Kier molecular flexibility index (Phi) is 6.74. The van der Waals surface area contributed by atoms with E-state index < -0.39 is 24.0 Å². The maximum Gasteiger partial charge on any atom is 0.249 e. The average Bonchev–Trinajstić information content (AvgIpc) is 2.69. The monoisotopic (exact) mass is 435 g/mol. The van der Waals surface area contributed by atoms with Crippen LogP contribution in [0.15, 0.2) is 48.5 Å². The molecule has 1 heterocycles. The van der Waals surface area contributed by atoms with Crippen LogP contribution in [0.2, 0.25) is 10.0 Å². The standard InChI is InChI=1S/C20H19Cl2N3O4/c21-14-5-1-12(2-6-14)19-20(13-3-7-15(22)8-4-13)29-11-18(28)25(19)10-17(27)24-9-16(23)26/h1-8,19-20H,9-11H2,(H2,23,26)(H,24,27). The average molecular weight is 436 g/mol. The molecule has 0 spiro atoms. The van der Waals surface area contributed by atoms with Crippen molar-refractivity contribution < 1.29 is 19.1 Å². The number of ether oxygens (including phenoxy) is 1. The largest absolute Gasteiger partial charge is 0.368 e. The normalized spacial score (nSPS) is 19.1. The molecule has 1 aliphatic rings. The third kappa shape index (κ3) is 5.26. The number of morpholine rings is 1. The first-order chi connectivity index (χ1) is 13.8. The zero-order valence-corrected chi connectivity index (χ0v) is 16.8. The molecule has 0 aliphatic carbocycles. The first-order valence-corrected chi connectivity index (χ1v) is 9.57. The zero-order valence-electron chi connectivity index (χ0n) is 15.3. The molecule has 2 aromatic rings. The van der Waals surface area contributed by atoms with Crippen LogP contribution >= 0.6 is 23.2 Å². The van der Waals surface area contributed by atoms with Crippen molar-refractivity contribution in [1.82, 2.24) is 10.2 Å². The number of nitrogens with zero attached hydrogens (tertiary/aromatic N) is 1. The summed E-state index contributed by atoms with van der Waals surface area (Å²) in [7, 11) is 0. The number of amides is 3. The summed E-state index contributed by atoms with van der Waals surface area (Å²) >= 11 is 12.0. The molecule has 3 amide bonds. The molecule has 3 rings (SSSR count). The molecule has 2 atom stereocenters. The molecular formula is C20H19Cl2N3O4. The van der Waals surface area contributed by atoms with Crippen LogP contribution in [-0.4, -0.2) is 42.3 Å². The number of hydrogen-bond acceptors (Lipinski definition) is 4. The summed E-state index contributed by atoms with van der Waals surface area (Å²) in [6.07, 6.45) is -0.518. The van der Waals surface area contributed by atoms with Crippen molar-refractivity contribution >= 4 is 40.9 Å². The number of hydrogen-bond donors (Lipinski definition) is 2. The smallest absolute Gasteiger partial charge is 0.249 e. The van der Waals surface area contributed by atoms with Crippen molar-refractivity contribution in [3.63, 3.8) is 0 Å². The molecule has 29 heavy (non-hydrogen) atoms. The van der Waals surface area contributed by atoms with Crippen LogP contribution in [0.25, 0.3) is 0 Å². The number of halogens is 2. The van der Waals surface area contributed by atoms with Crippen LogP contribution in [0.4, 0.5) is 0 Å². The van der Waals surface area contributed by atoms with Gasteiger partial charge in [0.25, 0.3) is 0 Å². The van der Waals surface area contributed by atoms with Gasteiger partial charge in [-0.2, -0.15) is 0 Å². The van der Waals surface area contributed by atoms with E-state index in [4.69, 9.17) is 33.7 Å². The van der Waals surface area contributed by atoms with Gasteiger partial charge >= 0.3 is 0 Å². The second kappa shape index (κ2) is 9.26. The molecular weight excluding hydrogens is 417 g/mol. The molecule has 1 aliphatic heterocycles. The first kappa shape index (κ1) is 21.1. The predicted molar refractivity (Wildman–Crippen MR) is 108 cm³/mol. The number of carbonyl (C=O) groups is 3. The number of nitrogens with two attached hydrogens (primary N) is 1. The molecule has 9 heteroatoms. The van der Waals surface area contributed by atoms with E-state index in [1.165, 1.54) is 4.90 Å². The third-order valence-electron chi connectivity index (χ3n) is 4.51. The minimum absolute atomic E-state index is 0.180. The lowest BCUT2D eigenvalue weighted by molar-refractivity contribution is -0.160. The Labute approximate surface area is 177 Å². The fourth-order valence-corrected chi connectivity index (χ4v) is 3.43. The number of primary amides is 1. The van der Waals surface area contributed by atoms with Crippen molar-refractivity contribution in [3.8, 4) is 0 Å². The van der Waals surface area contributed by atoms with Crippen molar-refractivity contribution in [2.24, 2.45) is 5.73 Å². The first-order valence-electron chi connectivity index (χ1n) is 8.82. The van der Waals surface area contributed by atoms with Gasteiger partial charge in [0, 0.05) is 10.0 Å². The lowest BCUT2D eigenvalue weighted by Gasteiger charge is -2.41. The highest BCUT2D eigenvalue weighted by Gasteiger charge is 2.39. The Morgan fingerprint density at radius 3 is 2.14 bits per heavy atom. The molecule has 1 fully saturated rings. The fraction of sp³-hybridized carbons (Fsp3) is 0.250. The molecule has 0 bridgehead atoms. The fourth-order valence-electron chi connectivity index (χ4n) is 3.18. The van der Waals surface area contributed by atoms with Crippen molar-refractivity contribution in [1.29, 1.82) is 0 Å². The second-order valence-electron chi connectivity index (χ2n) is 6.54. The second-order valence-corrected chi connectivity index (χ2v) is 7.42. The highest BCUT2D eigenvalue weighted by Crippen LogP contribution is 2.40. The van der Waals surface area contributed by atoms with E-state index in [0.29, 0.717) is 10.0 Å². The van der Waals surface area contributed by atoms with Gasteiger partial charge in [0.15, 0.2) is 0 Å². The van der Waals surface area contributed by atoms with Crippen molar-refractivity contribution in [3.05, 3.63) is 69.7 Å². The molecule has 0 aromatic heterocycles. The molecule has 2 aromatic carbocycles. The van der Waals surface area contributed by atoms with Crippen molar-refractivity contribution in [2.75, 3.05) is 19.7 Å². The van der Waals surface area contributed by atoms with Gasteiger partial charge in [-0.1, -0.05) is 47.5 Å². The van der Waals surface area contributed by atoms with Gasteiger partial charge in [-0.3, -0.25) is 14.4 Å². The number of nitrogens with one attached hydrogen (secondary N) is 1. The van der Waals surface area contributed by atoms with E-state index in [1.54, 1.807) is 36.4 Å². The van der Waals surface area contributed by atoms with Crippen molar-refractivity contribution in [2.45, 2.75) is 12.1 Å². The molecule has 0 saturated carbocycles. The SMILES string of the molecule is NC(=O)CNC(=O)CN1C(=O)COC(c2ccc(Cl)cc2)C1c1ccc(Cl)cc1. The minimum atomic E-state index is -0.667.